The number of amides is 4. The number of carbonyl (C=O) groups is 6. The highest BCUT2D eigenvalue weighted by atomic mass is 16.4. The van der Waals surface area contributed by atoms with Gasteiger partial charge >= 0.3 is 11.9 Å². The van der Waals surface area contributed by atoms with Crippen molar-refractivity contribution in [1.29, 1.82) is 0 Å². The van der Waals surface area contributed by atoms with Gasteiger partial charge in [0.15, 0.2) is 0 Å². The molecule has 5 atom stereocenters. The highest BCUT2D eigenvalue weighted by molar-refractivity contribution is 5.95. The summed E-state index contributed by atoms with van der Waals surface area (Å²) in [7, 11) is 0. The van der Waals surface area contributed by atoms with E-state index in [9.17, 15) is 33.9 Å². The lowest BCUT2D eigenvalue weighted by Crippen LogP contribution is -2.57. The Morgan fingerprint density at radius 2 is 1.30 bits per heavy atom. The van der Waals surface area contributed by atoms with Crippen LogP contribution in [0, 0.1) is 0 Å². The number of carbonyl (C=O) groups excluding carboxylic acids is 4. The van der Waals surface area contributed by atoms with Crippen molar-refractivity contribution in [3.8, 4) is 0 Å². The second kappa shape index (κ2) is 15.2. The van der Waals surface area contributed by atoms with Gasteiger partial charge in [-0.2, -0.15) is 0 Å². The summed E-state index contributed by atoms with van der Waals surface area (Å²) in [5.74, 6) is -5.87. The molecule has 0 radical (unpaired) electrons. The lowest BCUT2D eigenvalue weighted by atomic mass is 10.1. The van der Waals surface area contributed by atoms with Crippen LogP contribution < -0.4 is 27.0 Å². The highest BCUT2D eigenvalue weighted by Gasteiger charge is 2.29. The number of nitrogens with two attached hydrogens (primary N) is 1. The van der Waals surface area contributed by atoms with Crippen LogP contribution in [-0.2, 0) is 35.2 Å². The molecular weight excluding hydrogens is 490 g/mol. The molecule has 0 saturated carbocycles. The number of aliphatic hydroxyl groups excluding tert-OH is 1. The molecule has 0 fully saturated rings. The van der Waals surface area contributed by atoms with Crippen molar-refractivity contribution in [2.75, 3.05) is 6.61 Å². The second-order valence-electron chi connectivity index (χ2n) is 8.33. The molecule has 1 aromatic rings. The van der Waals surface area contributed by atoms with Gasteiger partial charge in [-0.3, -0.25) is 24.0 Å². The van der Waals surface area contributed by atoms with Crippen LogP contribution in [0.25, 0.3) is 0 Å². The lowest BCUT2D eigenvalue weighted by molar-refractivity contribution is -0.142. The van der Waals surface area contributed by atoms with E-state index in [1.807, 2.05) is 0 Å². The molecule has 5 unspecified atom stereocenters. The zero-order valence-electron chi connectivity index (χ0n) is 20.5. The van der Waals surface area contributed by atoms with Crippen molar-refractivity contribution in [2.24, 2.45) is 5.73 Å². The molecular formula is C23H33N5O9. The number of aliphatic hydroxyl groups is 1. The van der Waals surface area contributed by atoms with Gasteiger partial charge in [0.25, 0.3) is 0 Å². The summed E-state index contributed by atoms with van der Waals surface area (Å²) in [5.41, 5.74) is 6.05. The van der Waals surface area contributed by atoms with E-state index in [0.717, 1.165) is 0 Å². The van der Waals surface area contributed by atoms with Crippen molar-refractivity contribution in [1.82, 2.24) is 21.3 Å². The van der Waals surface area contributed by atoms with Crippen molar-refractivity contribution in [3.63, 3.8) is 0 Å². The molecule has 0 bridgehead atoms. The van der Waals surface area contributed by atoms with E-state index in [-0.39, 0.29) is 12.8 Å². The Morgan fingerprint density at radius 3 is 1.78 bits per heavy atom. The van der Waals surface area contributed by atoms with Gasteiger partial charge in [-0.15, -0.1) is 0 Å². The SMILES string of the molecule is CC(NC(=O)C(N)CO)C(=O)NC(CCC(=O)O)C(=O)NC(C)C(=O)NC(Cc1ccccc1)C(=O)O. The third-order valence-corrected chi connectivity index (χ3v) is 5.21. The topological polar surface area (TPSA) is 237 Å². The third-order valence-electron chi connectivity index (χ3n) is 5.21. The maximum atomic E-state index is 12.8. The van der Waals surface area contributed by atoms with E-state index in [4.69, 9.17) is 15.9 Å². The molecule has 1 rings (SSSR count). The first kappa shape index (κ1) is 31.0. The summed E-state index contributed by atoms with van der Waals surface area (Å²) in [6.45, 7) is 1.93. The summed E-state index contributed by atoms with van der Waals surface area (Å²) in [5, 5.41) is 36.6. The molecule has 0 aliphatic rings. The van der Waals surface area contributed by atoms with Gasteiger partial charge in [-0.25, -0.2) is 4.79 Å². The van der Waals surface area contributed by atoms with Crippen molar-refractivity contribution in [3.05, 3.63) is 35.9 Å². The third kappa shape index (κ3) is 11.0. The van der Waals surface area contributed by atoms with E-state index in [2.05, 4.69) is 21.3 Å². The lowest BCUT2D eigenvalue weighted by Gasteiger charge is -2.24. The first-order valence-electron chi connectivity index (χ1n) is 11.4. The second-order valence-corrected chi connectivity index (χ2v) is 8.33. The summed E-state index contributed by atoms with van der Waals surface area (Å²) < 4.78 is 0. The maximum absolute atomic E-state index is 12.8. The Bertz CT molecular complexity index is 973. The van der Waals surface area contributed by atoms with E-state index < -0.39 is 78.8 Å². The Kier molecular flexibility index (Phi) is 12.7. The fraction of sp³-hybridized carbons (Fsp3) is 0.478. The first-order chi connectivity index (χ1) is 17.3. The van der Waals surface area contributed by atoms with Crippen LogP contribution in [0.3, 0.4) is 0 Å². The Balaban J connectivity index is 2.82. The molecule has 4 amide bonds. The molecule has 0 aliphatic heterocycles. The minimum absolute atomic E-state index is 0.00339. The molecule has 9 N–H and O–H groups in total. The molecule has 0 aliphatic carbocycles. The van der Waals surface area contributed by atoms with Crippen LogP contribution >= 0.6 is 0 Å². The number of aliphatic carboxylic acids is 2. The van der Waals surface area contributed by atoms with E-state index in [1.165, 1.54) is 13.8 Å². The minimum atomic E-state index is -1.38. The van der Waals surface area contributed by atoms with Crippen molar-refractivity contribution >= 4 is 35.6 Å². The fourth-order valence-electron chi connectivity index (χ4n) is 3.03. The highest BCUT2D eigenvalue weighted by Crippen LogP contribution is 2.05. The number of hydrogen-bond acceptors (Lipinski definition) is 8. The monoisotopic (exact) mass is 523 g/mol. The largest absolute Gasteiger partial charge is 0.481 e. The van der Waals surface area contributed by atoms with Gasteiger partial charge in [0.05, 0.1) is 6.61 Å². The molecule has 14 heteroatoms. The predicted molar refractivity (Wildman–Crippen MR) is 129 cm³/mol. The Labute approximate surface area is 213 Å². The summed E-state index contributed by atoms with van der Waals surface area (Å²) in [4.78, 5) is 72.2. The summed E-state index contributed by atoms with van der Waals surface area (Å²) in [6, 6.07) is 2.26. The van der Waals surface area contributed by atoms with Gasteiger partial charge in [0, 0.05) is 12.8 Å². The molecule has 0 spiro atoms. The zero-order valence-corrected chi connectivity index (χ0v) is 20.5. The summed E-state index contributed by atoms with van der Waals surface area (Å²) in [6.07, 6.45) is -0.819. The summed E-state index contributed by atoms with van der Waals surface area (Å²) >= 11 is 0. The van der Waals surface area contributed by atoms with Gasteiger partial charge in [-0.1, -0.05) is 30.3 Å². The number of hydrogen-bond donors (Lipinski definition) is 8. The smallest absolute Gasteiger partial charge is 0.326 e. The molecule has 1 aromatic carbocycles. The fourth-order valence-corrected chi connectivity index (χ4v) is 3.03. The first-order valence-corrected chi connectivity index (χ1v) is 11.4. The van der Waals surface area contributed by atoms with Crippen LogP contribution in [0.1, 0.15) is 32.3 Å². The van der Waals surface area contributed by atoms with Gasteiger partial charge < -0.3 is 42.3 Å². The zero-order chi connectivity index (χ0) is 28.1. The number of carboxylic acids is 2. The van der Waals surface area contributed by atoms with E-state index >= 15 is 0 Å². The quantitative estimate of drug-likeness (QED) is 0.120. The van der Waals surface area contributed by atoms with Crippen LogP contribution in [-0.4, -0.2) is 87.7 Å². The minimum Gasteiger partial charge on any atom is -0.481 e. The van der Waals surface area contributed by atoms with E-state index in [1.54, 1.807) is 30.3 Å². The number of benzene rings is 1. The molecule has 0 aromatic heterocycles. The number of nitrogens with one attached hydrogen (secondary N) is 4. The molecule has 0 heterocycles. The van der Waals surface area contributed by atoms with Crippen molar-refractivity contribution < 1.29 is 44.1 Å². The number of rotatable bonds is 15. The van der Waals surface area contributed by atoms with Crippen LogP contribution in [0.15, 0.2) is 30.3 Å². The molecule has 0 saturated heterocycles. The normalized spacial score (nSPS) is 14.7. The standard InChI is InChI=1S/C23H33N5O9/c1-12(25-21(34)15(24)11-29)19(32)27-16(8-9-18(30)31)22(35)26-13(2)20(33)28-17(23(36)37)10-14-6-4-3-5-7-14/h3-7,12-13,15-17,29H,8-11,24H2,1-2H3,(H,25,34)(H,26,35)(H,27,32)(H,28,33)(H,30,31)(H,36,37). The molecule has 204 valence electrons. The maximum Gasteiger partial charge on any atom is 0.326 e. The van der Waals surface area contributed by atoms with Crippen molar-refractivity contribution in [2.45, 2.75) is 63.3 Å². The van der Waals surface area contributed by atoms with Gasteiger partial charge in [0.2, 0.25) is 23.6 Å². The van der Waals surface area contributed by atoms with Gasteiger partial charge in [-0.05, 0) is 25.8 Å². The average molecular weight is 524 g/mol. The van der Waals surface area contributed by atoms with Crippen LogP contribution in [0.5, 0.6) is 0 Å². The Hall–Kier alpha value is -4.04. The molecule has 37 heavy (non-hydrogen) atoms. The van der Waals surface area contributed by atoms with Crippen LogP contribution in [0.2, 0.25) is 0 Å². The van der Waals surface area contributed by atoms with Gasteiger partial charge in [0.1, 0.15) is 30.2 Å². The van der Waals surface area contributed by atoms with Crippen LogP contribution in [0.4, 0.5) is 0 Å². The Morgan fingerprint density at radius 1 is 0.784 bits per heavy atom. The number of carboxylic acid groups (broad SMARTS) is 2. The average Bonchev–Trinajstić information content (AvgIpc) is 2.85. The molecule has 14 nitrogen and oxygen atoms in total. The predicted octanol–water partition coefficient (Wildman–Crippen LogP) is -2.52. The van der Waals surface area contributed by atoms with E-state index in [0.29, 0.717) is 5.56 Å².